The zero-order chi connectivity index (χ0) is 19.5. The monoisotopic (exact) mass is 377 g/mol. The second kappa shape index (κ2) is 7.76. The molecule has 0 atom stereocenters. The van der Waals surface area contributed by atoms with Crippen molar-refractivity contribution in [3.63, 3.8) is 0 Å². The molecule has 0 aliphatic carbocycles. The summed E-state index contributed by atoms with van der Waals surface area (Å²) in [7, 11) is 0. The van der Waals surface area contributed by atoms with Gasteiger partial charge in [-0.1, -0.05) is 24.3 Å². The van der Waals surface area contributed by atoms with E-state index in [-0.39, 0.29) is 12.7 Å². The molecule has 0 fully saturated rings. The molecule has 4 rings (SSSR count). The molecule has 1 amide bonds. The zero-order valence-electron chi connectivity index (χ0n) is 16.1. The third-order valence-corrected chi connectivity index (χ3v) is 4.98. The predicted octanol–water partition coefficient (Wildman–Crippen LogP) is 3.47. The quantitative estimate of drug-likeness (QED) is 0.714. The van der Waals surface area contributed by atoms with Crippen molar-refractivity contribution in [3.8, 4) is 17.2 Å². The van der Waals surface area contributed by atoms with E-state index < -0.39 is 0 Å². The fourth-order valence-electron chi connectivity index (χ4n) is 3.38. The fourth-order valence-corrected chi connectivity index (χ4v) is 3.38. The first-order chi connectivity index (χ1) is 13.6. The summed E-state index contributed by atoms with van der Waals surface area (Å²) in [6, 6.07) is 15.8. The summed E-state index contributed by atoms with van der Waals surface area (Å²) in [6.07, 6.45) is 1.08. The van der Waals surface area contributed by atoms with Crippen molar-refractivity contribution in [1.29, 1.82) is 0 Å². The molecule has 0 saturated heterocycles. The average molecular weight is 377 g/mol. The van der Waals surface area contributed by atoms with Crippen LogP contribution < -0.4 is 14.8 Å². The van der Waals surface area contributed by atoms with Gasteiger partial charge in [-0.3, -0.25) is 4.79 Å². The Hall–Kier alpha value is -3.28. The van der Waals surface area contributed by atoms with E-state index in [1.165, 1.54) is 0 Å². The number of hydrogen-bond donors (Lipinski definition) is 1. The molecule has 0 saturated carbocycles. The van der Waals surface area contributed by atoms with Crippen molar-refractivity contribution in [2.24, 2.45) is 0 Å². The summed E-state index contributed by atoms with van der Waals surface area (Å²) in [5, 5.41) is 7.64. The number of aromatic nitrogens is 2. The zero-order valence-corrected chi connectivity index (χ0v) is 16.1. The van der Waals surface area contributed by atoms with E-state index >= 15 is 0 Å². The molecule has 1 N–H and O–H groups in total. The number of carbonyl (C=O) groups is 1. The van der Waals surface area contributed by atoms with E-state index in [9.17, 15) is 4.79 Å². The van der Waals surface area contributed by atoms with Gasteiger partial charge in [0.25, 0.3) is 0 Å². The van der Waals surface area contributed by atoms with E-state index in [2.05, 4.69) is 10.4 Å². The highest BCUT2D eigenvalue weighted by Gasteiger charge is 2.15. The standard InChI is InChI=1S/C22H23N3O3/c1-15-19(16(2)25(24-15)18-6-4-3-5-7-18)13-23-22(26)11-9-17-8-10-20-21(12-17)28-14-27-20/h3-8,10,12H,9,11,13-14H2,1-2H3,(H,23,26). The minimum absolute atomic E-state index is 0.0175. The van der Waals surface area contributed by atoms with Crippen molar-refractivity contribution in [3.05, 3.63) is 71.0 Å². The maximum absolute atomic E-state index is 12.3. The molecule has 3 aromatic rings. The number of nitrogens with one attached hydrogen (secondary N) is 1. The van der Waals surface area contributed by atoms with Gasteiger partial charge in [0, 0.05) is 24.2 Å². The molecule has 1 aliphatic rings. The Balaban J connectivity index is 1.35. The van der Waals surface area contributed by atoms with Gasteiger partial charge in [-0.05, 0) is 50.1 Å². The van der Waals surface area contributed by atoms with Crippen LogP contribution in [0.5, 0.6) is 11.5 Å². The van der Waals surface area contributed by atoms with Gasteiger partial charge in [0.05, 0.1) is 11.4 Å². The summed E-state index contributed by atoms with van der Waals surface area (Å²) >= 11 is 0. The number of aryl methyl sites for hydroxylation is 2. The van der Waals surface area contributed by atoms with Crippen LogP contribution in [0.4, 0.5) is 0 Å². The summed E-state index contributed by atoms with van der Waals surface area (Å²) in [4.78, 5) is 12.3. The van der Waals surface area contributed by atoms with Gasteiger partial charge in [-0.25, -0.2) is 4.68 Å². The molecule has 6 heteroatoms. The predicted molar refractivity (Wildman–Crippen MR) is 106 cm³/mol. The Labute approximate surface area is 164 Å². The minimum atomic E-state index is 0.0175. The summed E-state index contributed by atoms with van der Waals surface area (Å²) < 4.78 is 12.6. The lowest BCUT2D eigenvalue weighted by molar-refractivity contribution is -0.121. The maximum atomic E-state index is 12.3. The highest BCUT2D eigenvalue weighted by Crippen LogP contribution is 2.32. The highest BCUT2D eigenvalue weighted by atomic mass is 16.7. The van der Waals surface area contributed by atoms with E-state index in [4.69, 9.17) is 9.47 Å². The normalized spacial score (nSPS) is 12.2. The average Bonchev–Trinajstić information content (AvgIpc) is 3.29. The van der Waals surface area contributed by atoms with Crippen LogP contribution >= 0.6 is 0 Å². The van der Waals surface area contributed by atoms with E-state index in [1.807, 2.05) is 67.1 Å². The smallest absolute Gasteiger partial charge is 0.231 e. The van der Waals surface area contributed by atoms with Crippen molar-refractivity contribution in [2.45, 2.75) is 33.2 Å². The van der Waals surface area contributed by atoms with Crippen LogP contribution in [0.15, 0.2) is 48.5 Å². The number of benzene rings is 2. The Morgan fingerprint density at radius 2 is 1.89 bits per heavy atom. The van der Waals surface area contributed by atoms with Crippen molar-refractivity contribution in [1.82, 2.24) is 15.1 Å². The molecule has 144 valence electrons. The maximum Gasteiger partial charge on any atom is 0.231 e. The summed E-state index contributed by atoms with van der Waals surface area (Å²) in [6.45, 7) is 4.74. The van der Waals surface area contributed by atoms with Crippen LogP contribution in [-0.4, -0.2) is 22.5 Å². The molecule has 0 radical (unpaired) electrons. The molecule has 2 heterocycles. The Kier molecular flexibility index (Phi) is 5.02. The Morgan fingerprint density at radius 1 is 1.11 bits per heavy atom. The van der Waals surface area contributed by atoms with Gasteiger partial charge in [-0.15, -0.1) is 0 Å². The van der Waals surface area contributed by atoms with Crippen LogP contribution in [0.2, 0.25) is 0 Å². The first-order valence-electron chi connectivity index (χ1n) is 9.37. The van der Waals surface area contributed by atoms with E-state index in [0.29, 0.717) is 19.4 Å². The number of para-hydroxylation sites is 1. The SMILES string of the molecule is Cc1nn(-c2ccccc2)c(C)c1CNC(=O)CCc1ccc2c(c1)OCO2. The van der Waals surface area contributed by atoms with Gasteiger partial charge >= 0.3 is 0 Å². The van der Waals surface area contributed by atoms with Crippen LogP contribution in [0.1, 0.15) is 28.9 Å². The Morgan fingerprint density at radius 3 is 2.71 bits per heavy atom. The molecule has 2 aromatic carbocycles. The van der Waals surface area contributed by atoms with Gasteiger partial charge < -0.3 is 14.8 Å². The summed E-state index contributed by atoms with van der Waals surface area (Å²) in [5.41, 5.74) is 5.10. The second-order valence-electron chi connectivity index (χ2n) is 6.86. The second-order valence-corrected chi connectivity index (χ2v) is 6.86. The van der Waals surface area contributed by atoms with Crippen LogP contribution in [0.25, 0.3) is 5.69 Å². The van der Waals surface area contributed by atoms with Gasteiger partial charge in [0.2, 0.25) is 12.7 Å². The van der Waals surface area contributed by atoms with Crippen molar-refractivity contribution < 1.29 is 14.3 Å². The number of hydrogen-bond acceptors (Lipinski definition) is 4. The molecule has 28 heavy (non-hydrogen) atoms. The molecule has 0 bridgehead atoms. The fraction of sp³-hybridized carbons (Fsp3) is 0.273. The van der Waals surface area contributed by atoms with Gasteiger partial charge in [0.1, 0.15) is 0 Å². The topological polar surface area (TPSA) is 65.4 Å². The number of rotatable bonds is 6. The largest absolute Gasteiger partial charge is 0.454 e. The molecule has 6 nitrogen and oxygen atoms in total. The number of amides is 1. The van der Waals surface area contributed by atoms with Crippen LogP contribution in [0.3, 0.4) is 0 Å². The van der Waals surface area contributed by atoms with Gasteiger partial charge in [-0.2, -0.15) is 5.10 Å². The number of nitrogens with zero attached hydrogens (tertiary/aromatic N) is 2. The third-order valence-electron chi connectivity index (χ3n) is 4.98. The lowest BCUT2D eigenvalue weighted by Crippen LogP contribution is -2.23. The molecular weight excluding hydrogens is 354 g/mol. The van der Waals surface area contributed by atoms with E-state index in [1.54, 1.807) is 0 Å². The highest BCUT2D eigenvalue weighted by molar-refractivity contribution is 5.76. The minimum Gasteiger partial charge on any atom is -0.454 e. The molecule has 1 aromatic heterocycles. The van der Waals surface area contributed by atoms with Gasteiger partial charge in [0.15, 0.2) is 11.5 Å². The van der Waals surface area contributed by atoms with Crippen molar-refractivity contribution in [2.75, 3.05) is 6.79 Å². The molecule has 0 spiro atoms. The number of ether oxygens (including phenoxy) is 2. The first-order valence-corrected chi connectivity index (χ1v) is 9.37. The third kappa shape index (κ3) is 3.71. The van der Waals surface area contributed by atoms with Crippen molar-refractivity contribution >= 4 is 5.91 Å². The van der Waals surface area contributed by atoms with Crippen LogP contribution in [-0.2, 0) is 17.8 Å². The van der Waals surface area contributed by atoms with E-state index in [0.717, 1.165) is 39.7 Å². The number of carbonyl (C=O) groups excluding carboxylic acids is 1. The molecule has 0 unspecified atom stereocenters. The lowest BCUT2D eigenvalue weighted by Gasteiger charge is -2.08. The molecular formula is C22H23N3O3. The Bertz CT molecular complexity index is 996. The lowest BCUT2D eigenvalue weighted by atomic mass is 10.1. The van der Waals surface area contributed by atoms with Crippen LogP contribution in [0, 0.1) is 13.8 Å². The first kappa shape index (κ1) is 18.1. The number of fused-ring (bicyclic) bond motifs is 1. The molecule has 1 aliphatic heterocycles. The summed E-state index contributed by atoms with van der Waals surface area (Å²) in [5.74, 6) is 1.52.